The van der Waals surface area contributed by atoms with Crippen molar-refractivity contribution in [3.63, 3.8) is 0 Å². The van der Waals surface area contributed by atoms with Gasteiger partial charge in [0.2, 0.25) is 0 Å². The third-order valence-corrected chi connectivity index (χ3v) is 1.30. The predicted molar refractivity (Wildman–Crippen MR) is 49.4 cm³/mol. The topological polar surface area (TPSA) is 52.6 Å². The van der Waals surface area contributed by atoms with Crippen LogP contribution in [0.15, 0.2) is 24.3 Å². The maximum Gasteiger partial charge on any atom is 0.345 e. The lowest BCUT2D eigenvalue weighted by Gasteiger charge is -1.96. The molecule has 72 valence electrons. The predicted octanol–water partition coefficient (Wildman–Crippen LogP) is 1.79. The van der Waals surface area contributed by atoms with Crippen molar-refractivity contribution in [2.75, 3.05) is 0 Å². The molecule has 0 aliphatic heterocycles. The van der Waals surface area contributed by atoms with Crippen LogP contribution in [0.2, 0.25) is 0 Å². The number of hydrogen-bond donors (Lipinski definition) is 0. The van der Waals surface area contributed by atoms with Gasteiger partial charge in [-0.1, -0.05) is 12.2 Å². The van der Waals surface area contributed by atoms with Crippen molar-refractivity contribution in [2.24, 2.45) is 0 Å². The summed E-state index contributed by atoms with van der Waals surface area (Å²) < 4.78 is 8.83. The highest BCUT2D eigenvalue weighted by Gasteiger charge is 2.01. The molecule has 0 spiro atoms. The van der Waals surface area contributed by atoms with Crippen molar-refractivity contribution >= 4 is 24.3 Å². The van der Waals surface area contributed by atoms with Crippen LogP contribution in [0, 0.1) is 0 Å². The molecule has 0 N–H and O–H groups in total. The number of carbonyl (C=O) groups is 2. The second-order valence-corrected chi connectivity index (χ2v) is 2.34. The highest BCUT2D eigenvalue weighted by atomic mass is 32.2. The van der Waals surface area contributed by atoms with Gasteiger partial charge in [0.1, 0.15) is 0 Å². The fourth-order valence-electron chi connectivity index (χ4n) is 0.412. The van der Waals surface area contributed by atoms with Crippen molar-refractivity contribution < 1.29 is 18.0 Å². The first-order chi connectivity index (χ1) is 6.20. The highest BCUT2D eigenvalue weighted by molar-refractivity contribution is 7.90. The zero-order valence-corrected chi connectivity index (χ0v) is 8.17. The Labute approximate surface area is 81.0 Å². The van der Waals surface area contributed by atoms with E-state index < -0.39 is 11.9 Å². The molecule has 0 aromatic carbocycles. The van der Waals surface area contributed by atoms with Gasteiger partial charge in [0.25, 0.3) is 12.3 Å². The molecule has 0 unspecified atom stereocenters. The normalized spacial score (nSPS) is 10.6. The number of carbonyl (C=O) groups excluding carboxylic acids is 2. The van der Waals surface area contributed by atoms with E-state index in [9.17, 15) is 9.59 Å². The van der Waals surface area contributed by atoms with Crippen LogP contribution in [0.1, 0.15) is 13.8 Å². The largest absolute Gasteiger partial charge is 0.351 e. The molecule has 0 heterocycles. The van der Waals surface area contributed by atoms with Crippen LogP contribution in [0.3, 0.4) is 0 Å². The van der Waals surface area contributed by atoms with Crippen LogP contribution in [-0.2, 0) is 18.0 Å². The molecule has 5 heteroatoms. The van der Waals surface area contributed by atoms with Gasteiger partial charge in [0, 0.05) is 12.2 Å². The average Bonchev–Trinajstić information content (AvgIpc) is 2.05. The molecule has 0 saturated carbocycles. The third kappa shape index (κ3) is 7.14. The van der Waals surface area contributed by atoms with Crippen LogP contribution in [-0.4, -0.2) is 11.9 Å². The molecule has 0 atom stereocenters. The van der Waals surface area contributed by atoms with Gasteiger partial charge < -0.3 is 8.37 Å². The lowest BCUT2D eigenvalue weighted by atomic mass is 10.5. The minimum Gasteiger partial charge on any atom is -0.351 e. The molecule has 0 aromatic heterocycles. The van der Waals surface area contributed by atoms with Gasteiger partial charge in [-0.25, -0.2) is 9.59 Å². The monoisotopic (exact) mass is 202 g/mol. The second-order valence-electron chi connectivity index (χ2n) is 1.87. The number of allylic oxidation sites excluding steroid dienone is 2. The third-order valence-electron chi connectivity index (χ3n) is 0.838. The summed E-state index contributed by atoms with van der Waals surface area (Å²) in [5.74, 6) is -1.14. The quantitative estimate of drug-likeness (QED) is 0.514. The van der Waals surface area contributed by atoms with E-state index in [0.29, 0.717) is 12.3 Å². The summed E-state index contributed by atoms with van der Waals surface area (Å²) in [6.45, 7) is 3.36. The fraction of sp³-hybridized carbons (Fsp3) is 0.250. The highest BCUT2D eigenvalue weighted by Crippen LogP contribution is 2.06. The smallest absolute Gasteiger partial charge is 0.345 e. The molecule has 0 aromatic rings. The Balaban J connectivity index is 3.56. The molecule has 0 aliphatic carbocycles. The Morgan fingerprint density at radius 2 is 1.38 bits per heavy atom. The van der Waals surface area contributed by atoms with E-state index in [1.165, 1.54) is 24.3 Å². The molecule has 0 fully saturated rings. The van der Waals surface area contributed by atoms with Crippen molar-refractivity contribution in [1.82, 2.24) is 0 Å². The Morgan fingerprint density at radius 1 is 1.00 bits per heavy atom. The van der Waals surface area contributed by atoms with Gasteiger partial charge in [0.05, 0.1) is 0 Å². The van der Waals surface area contributed by atoms with Gasteiger partial charge >= 0.3 is 11.9 Å². The summed E-state index contributed by atoms with van der Waals surface area (Å²) >= 11 is 0.348. The average molecular weight is 202 g/mol. The molecule has 0 amide bonds. The van der Waals surface area contributed by atoms with Gasteiger partial charge in [-0.2, -0.15) is 0 Å². The lowest BCUT2D eigenvalue weighted by Crippen LogP contribution is -1.97. The van der Waals surface area contributed by atoms with E-state index >= 15 is 0 Å². The van der Waals surface area contributed by atoms with E-state index in [2.05, 4.69) is 8.37 Å². The molecule has 0 bridgehead atoms. The Kier molecular flexibility index (Phi) is 6.72. The van der Waals surface area contributed by atoms with Crippen molar-refractivity contribution in [2.45, 2.75) is 13.8 Å². The maximum absolute atomic E-state index is 10.6. The first kappa shape index (κ1) is 11.8. The van der Waals surface area contributed by atoms with Crippen molar-refractivity contribution in [3.05, 3.63) is 24.3 Å². The van der Waals surface area contributed by atoms with E-state index in [0.717, 1.165) is 0 Å². The first-order valence-corrected chi connectivity index (χ1v) is 4.22. The maximum atomic E-state index is 10.6. The molecule has 0 aliphatic rings. The van der Waals surface area contributed by atoms with E-state index in [-0.39, 0.29) is 0 Å². The van der Waals surface area contributed by atoms with Crippen LogP contribution in [0.5, 0.6) is 0 Å². The summed E-state index contributed by atoms with van der Waals surface area (Å²) in [6, 6.07) is 0. The summed E-state index contributed by atoms with van der Waals surface area (Å²) in [7, 11) is 0. The minimum atomic E-state index is -0.569. The van der Waals surface area contributed by atoms with Gasteiger partial charge in [0.15, 0.2) is 0 Å². The Hall–Kier alpha value is -1.23. The van der Waals surface area contributed by atoms with Crippen molar-refractivity contribution in [1.29, 1.82) is 0 Å². The fourth-order valence-corrected chi connectivity index (χ4v) is 0.691. The molecule has 4 nitrogen and oxygen atoms in total. The zero-order valence-electron chi connectivity index (χ0n) is 7.35. The lowest BCUT2D eigenvalue weighted by molar-refractivity contribution is -0.130. The van der Waals surface area contributed by atoms with Crippen LogP contribution >= 0.6 is 12.3 Å². The van der Waals surface area contributed by atoms with Gasteiger partial charge in [-0.05, 0) is 13.8 Å². The summed E-state index contributed by atoms with van der Waals surface area (Å²) in [5.41, 5.74) is 0. The van der Waals surface area contributed by atoms with E-state index in [1.807, 2.05) is 0 Å². The standard InChI is InChI=1S/C8H10O4S/c1-3-5-7(9)11-13-12-8(10)6-4-2/h3-6H,1-2H3/b5-3+,6-4+. The van der Waals surface area contributed by atoms with E-state index in [4.69, 9.17) is 0 Å². The molecule has 0 radical (unpaired) electrons. The van der Waals surface area contributed by atoms with Crippen LogP contribution < -0.4 is 0 Å². The Bertz CT molecular complexity index is 208. The first-order valence-electron chi connectivity index (χ1n) is 3.55. The summed E-state index contributed by atoms with van der Waals surface area (Å²) in [4.78, 5) is 21.3. The minimum absolute atomic E-state index is 0.348. The number of rotatable bonds is 4. The SMILES string of the molecule is C/C=C/C(=O)OSOC(=O)/C=C/C. The number of hydrogen-bond acceptors (Lipinski definition) is 5. The van der Waals surface area contributed by atoms with Crippen molar-refractivity contribution in [3.8, 4) is 0 Å². The zero-order chi connectivity index (χ0) is 10.1. The van der Waals surface area contributed by atoms with Crippen LogP contribution in [0.4, 0.5) is 0 Å². The molecule has 0 saturated heterocycles. The van der Waals surface area contributed by atoms with Gasteiger partial charge in [-0.15, -0.1) is 0 Å². The molecule has 13 heavy (non-hydrogen) atoms. The summed E-state index contributed by atoms with van der Waals surface area (Å²) in [5, 5.41) is 0. The molecule has 0 rings (SSSR count). The van der Waals surface area contributed by atoms with Gasteiger partial charge in [-0.3, -0.25) is 0 Å². The summed E-state index contributed by atoms with van der Waals surface area (Å²) in [6.07, 6.45) is 5.49. The molecular weight excluding hydrogens is 192 g/mol. The Morgan fingerprint density at radius 3 is 1.69 bits per heavy atom. The second kappa shape index (κ2) is 7.42. The van der Waals surface area contributed by atoms with E-state index in [1.54, 1.807) is 13.8 Å². The van der Waals surface area contributed by atoms with Crippen LogP contribution in [0.25, 0.3) is 0 Å². The molecular formula is C8H10O4S.